The molecule has 1 unspecified atom stereocenters. The van der Waals surface area contributed by atoms with E-state index in [1.807, 2.05) is 6.07 Å². The van der Waals surface area contributed by atoms with Crippen molar-refractivity contribution in [1.82, 2.24) is 4.72 Å². The van der Waals surface area contributed by atoms with Gasteiger partial charge in [-0.1, -0.05) is 54.6 Å². The van der Waals surface area contributed by atoms with Crippen LogP contribution in [0.3, 0.4) is 0 Å². The average Bonchev–Trinajstić information content (AvgIpc) is 2.78. The fourth-order valence-electron chi connectivity index (χ4n) is 4.27. The Hall–Kier alpha value is -3.72. The third kappa shape index (κ3) is 5.05. The molecule has 9 heteroatoms. The fourth-order valence-corrected chi connectivity index (χ4v) is 6.04. The van der Waals surface area contributed by atoms with E-state index in [0.717, 1.165) is 11.1 Å². The molecule has 1 aliphatic rings. The van der Waals surface area contributed by atoms with E-state index in [1.165, 1.54) is 6.07 Å². The summed E-state index contributed by atoms with van der Waals surface area (Å²) in [7, 11) is -3.93. The quantitative estimate of drug-likeness (QED) is 0.544. The number of amidine groups is 1. The highest BCUT2D eigenvalue weighted by atomic mass is 32.2. The Morgan fingerprint density at radius 1 is 1.06 bits per heavy atom. The van der Waals surface area contributed by atoms with Gasteiger partial charge in [0.25, 0.3) is 6.02 Å². The second kappa shape index (κ2) is 9.14. The number of carbonyl (C=O) groups excluding carboxylic acids is 1. The van der Waals surface area contributed by atoms with E-state index in [2.05, 4.69) is 9.71 Å². The SMILES string of the molecule is C[C@H](N=C1NS(=O)(=O)C(c2ccc(-c3cccc(C(N)=O)c3)cc2)C(C)(C)O1)c1ccccc1F. The van der Waals surface area contributed by atoms with Crippen LogP contribution in [0.25, 0.3) is 11.1 Å². The summed E-state index contributed by atoms with van der Waals surface area (Å²) in [5.41, 5.74) is 7.04. The Kier molecular flexibility index (Phi) is 6.38. The van der Waals surface area contributed by atoms with Crippen molar-refractivity contribution in [3.63, 3.8) is 0 Å². The minimum atomic E-state index is -3.93. The van der Waals surface area contributed by atoms with E-state index in [4.69, 9.17) is 10.5 Å². The summed E-state index contributed by atoms with van der Waals surface area (Å²) in [5, 5.41) is -1.02. The number of aliphatic imine (C=N–C) groups is 1. The van der Waals surface area contributed by atoms with Crippen LogP contribution in [-0.4, -0.2) is 25.9 Å². The van der Waals surface area contributed by atoms with Crippen LogP contribution in [-0.2, 0) is 14.8 Å². The van der Waals surface area contributed by atoms with Crippen molar-refractivity contribution in [3.8, 4) is 11.1 Å². The molecular weight excluding hydrogens is 469 g/mol. The van der Waals surface area contributed by atoms with Gasteiger partial charge in [-0.3, -0.25) is 4.79 Å². The number of nitrogens with two attached hydrogens (primary N) is 1. The molecule has 1 fully saturated rings. The van der Waals surface area contributed by atoms with Gasteiger partial charge in [-0.15, -0.1) is 0 Å². The van der Waals surface area contributed by atoms with Gasteiger partial charge in [0.05, 0.1) is 6.04 Å². The van der Waals surface area contributed by atoms with Crippen molar-refractivity contribution < 1.29 is 22.3 Å². The number of nitrogens with zero attached hydrogens (tertiary/aromatic N) is 1. The molecule has 2 atom stereocenters. The van der Waals surface area contributed by atoms with Gasteiger partial charge in [0.15, 0.2) is 0 Å². The predicted octanol–water partition coefficient (Wildman–Crippen LogP) is 4.48. The third-order valence-electron chi connectivity index (χ3n) is 5.89. The Morgan fingerprint density at radius 2 is 1.74 bits per heavy atom. The van der Waals surface area contributed by atoms with Crippen molar-refractivity contribution in [2.24, 2.45) is 10.7 Å². The largest absolute Gasteiger partial charge is 0.457 e. The minimum Gasteiger partial charge on any atom is -0.457 e. The highest BCUT2D eigenvalue weighted by Crippen LogP contribution is 2.39. The lowest BCUT2D eigenvalue weighted by atomic mass is 9.95. The number of ether oxygens (including phenoxy) is 1. The van der Waals surface area contributed by atoms with Crippen LogP contribution in [0, 0.1) is 5.82 Å². The van der Waals surface area contributed by atoms with Crippen molar-refractivity contribution in [2.75, 3.05) is 0 Å². The molecule has 0 bridgehead atoms. The van der Waals surface area contributed by atoms with E-state index in [0.29, 0.717) is 16.7 Å². The standard InChI is InChI=1S/C26H26FN3O4S/c1-16(21-9-4-5-10-22(21)27)29-25-30-35(32,33)23(26(2,3)34-25)18-13-11-17(12-14-18)19-7-6-8-20(15-19)24(28)31/h4-16,23H,1-3H3,(H2,28,31)(H,29,30)/t16-,23?/m0/s1. The number of halogens is 1. The van der Waals surface area contributed by atoms with Crippen molar-refractivity contribution in [2.45, 2.75) is 37.7 Å². The Morgan fingerprint density at radius 3 is 2.37 bits per heavy atom. The summed E-state index contributed by atoms with van der Waals surface area (Å²) in [4.78, 5) is 15.8. The maximum atomic E-state index is 14.1. The van der Waals surface area contributed by atoms with Gasteiger partial charge in [-0.25, -0.2) is 22.5 Å². The summed E-state index contributed by atoms with van der Waals surface area (Å²) in [6.45, 7) is 5.00. The molecule has 1 saturated heterocycles. The van der Waals surface area contributed by atoms with Crippen molar-refractivity contribution in [1.29, 1.82) is 0 Å². The van der Waals surface area contributed by atoms with Crippen LogP contribution in [0.4, 0.5) is 4.39 Å². The first kappa shape index (κ1) is 24.4. The van der Waals surface area contributed by atoms with Crippen LogP contribution >= 0.6 is 0 Å². The van der Waals surface area contributed by atoms with E-state index in [-0.39, 0.29) is 6.02 Å². The molecule has 3 aromatic rings. The van der Waals surface area contributed by atoms with Gasteiger partial charge in [0.2, 0.25) is 15.9 Å². The normalized spacial score (nSPS) is 20.5. The van der Waals surface area contributed by atoms with Gasteiger partial charge in [0, 0.05) is 11.1 Å². The molecule has 1 heterocycles. The number of hydrogen-bond acceptors (Lipinski definition) is 5. The Bertz CT molecular complexity index is 1400. The Balaban J connectivity index is 1.61. The first-order chi connectivity index (χ1) is 16.5. The van der Waals surface area contributed by atoms with Crippen LogP contribution in [0.5, 0.6) is 0 Å². The lowest BCUT2D eigenvalue weighted by Crippen LogP contribution is -2.53. The molecule has 3 N–H and O–H groups in total. The van der Waals surface area contributed by atoms with Crippen LogP contribution in [0.1, 0.15) is 53.5 Å². The number of sulfonamides is 1. The van der Waals surface area contributed by atoms with Gasteiger partial charge >= 0.3 is 0 Å². The van der Waals surface area contributed by atoms with Crippen LogP contribution < -0.4 is 10.5 Å². The summed E-state index contributed by atoms with van der Waals surface area (Å²) in [6, 6.07) is 19.2. The summed E-state index contributed by atoms with van der Waals surface area (Å²) in [6.07, 6.45) is 0. The highest BCUT2D eigenvalue weighted by Gasteiger charge is 2.48. The van der Waals surface area contributed by atoms with Crippen molar-refractivity contribution in [3.05, 3.63) is 95.3 Å². The zero-order valence-corrected chi connectivity index (χ0v) is 20.3. The lowest BCUT2D eigenvalue weighted by Gasteiger charge is -2.39. The molecular formula is C26H26FN3O4S. The molecule has 35 heavy (non-hydrogen) atoms. The molecule has 0 radical (unpaired) electrons. The van der Waals surface area contributed by atoms with Gasteiger partial charge in [-0.2, -0.15) is 0 Å². The number of primary amides is 1. The molecule has 0 aliphatic carbocycles. The van der Waals surface area contributed by atoms with E-state index < -0.39 is 38.6 Å². The monoisotopic (exact) mass is 495 g/mol. The van der Waals surface area contributed by atoms with Crippen LogP contribution in [0.15, 0.2) is 77.8 Å². The zero-order valence-electron chi connectivity index (χ0n) is 19.5. The van der Waals surface area contributed by atoms with E-state index in [9.17, 15) is 17.6 Å². The molecule has 0 saturated carbocycles. The summed E-state index contributed by atoms with van der Waals surface area (Å²) < 4.78 is 49.0. The van der Waals surface area contributed by atoms with Gasteiger partial charge in [-0.05, 0) is 55.7 Å². The van der Waals surface area contributed by atoms with E-state index >= 15 is 0 Å². The maximum absolute atomic E-state index is 14.1. The molecule has 0 aromatic heterocycles. The zero-order chi connectivity index (χ0) is 25.4. The molecule has 182 valence electrons. The average molecular weight is 496 g/mol. The smallest absolute Gasteiger partial charge is 0.299 e. The maximum Gasteiger partial charge on any atom is 0.299 e. The summed E-state index contributed by atoms with van der Waals surface area (Å²) in [5.74, 6) is -0.954. The minimum absolute atomic E-state index is 0.179. The molecule has 1 aliphatic heterocycles. The topological polar surface area (TPSA) is 111 Å². The number of hydrogen-bond donors (Lipinski definition) is 2. The molecule has 1 amide bonds. The second-order valence-corrected chi connectivity index (χ2v) is 10.7. The first-order valence-corrected chi connectivity index (χ1v) is 12.6. The summed E-state index contributed by atoms with van der Waals surface area (Å²) >= 11 is 0. The van der Waals surface area contributed by atoms with Gasteiger partial charge < -0.3 is 10.5 Å². The molecule has 7 nitrogen and oxygen atoms in total. The molecule has 4 rings (SSSR count). The van der Waals surface area contributed by atoms with Gasteiger partial charge in [0.1, 0.15) is 16.7 Å². The highest BCUT2D eigenvalue weighted by molar-refractivity contribution is 7.90. The number of amides is 1. The number of benzene rings is 3. The number of rotatable bonds is 5. The number of carbonyl (C=O) groups is 1. The molecule has 0 spiro atoms. The third-order valence-corrected chi connectivity index (χ3v) is 7.81. The van der Waals surface area contributed by atoms with Crippen LogP contribution in [0.2, 0.25) is 0 Å². The first-order valence-electron chi connectivity index (χ1n) is 11.0. The Labute approximate surface area is 203 Å². The number of nitrogens with one attached hydrogen (secondary N) is 1. The fraction of sp³-hybridized carbons (Fsp3) is 0.231. The lowest BCUT2D eigenvalue weighted by molar-refractivity contribution is 0.0761. The second-order valence-electron chi connectivity index (χ2n) is 8.93. The van der Waals surface area contributed by atoms with E-state index in [1.54, 1.807) is 81.4 Å². The van der Waals surface area contributed by atoms with Crippen molar-refractivity contribution >= 4 is 22.0 Å². The predicted molar refractivity (Wildman–Crippen MR) is 133 cm³/mol. The molecule has 3 aromatic carbocycles.